The van der Waals surface area contributed by atoms with Crippen LogP contribution in [0.25, 0.3) is 10.9 Å². The normalized spacial score (nSPS) is 17.7. The zero-order chi connectivity index (χ0) is 19.7. The summed E-state index contributed by atoms with van der Waals surface area (Å²) in [6, 6.07) is 10.9. The van der Waals surface area contributed by atoms with Crippen LogP contribution in [-0.4, -0.2) is 50.0 Å². The molecule has 2 aromatic heterocycles. The van der Waals surface area contributed by atoms with Crippen molar-refractivity contribution in [3.63, 3.8) is 0 Å². The van der Waals surface area contributed by atoms with E-state index in [1.54, 1.807) is 11.6 Å². The molecule has 4 rings (SSSR count). The van der Waals surface area contributed by atoms with Crippen LogP contribution in [0.3, 0.4) is 0 Å². The number of esters is 1. The molecule has 9 heteroatoms. The molecule has 1 atom stereocenters. The van der Waals surface area contributed by atoms with Gasteiger partial charge < -0.3 is 9.47 Å². The Morgan fingerprint density at radius 1 is 1.25 bits per heavy atom. The molecular weight excluding hydrogens is 400 g/mol. The van der Waals surface area contributed by atoms with Crippen molar-refractivity contribution < 1.29 is 22.7 Å². The topological polar surface area (TPSA) is 85.8 Å². The number of methoxy groups -OCH3 is 1. The fourth-order valence-electron chi connectivity index (χ4n) is 3.24. The summed E-state index contributed by atoms with van der Waals surface area (Å²) in [4.78, 5) is 16.3. The van der Waals surface area contributed by atoms with Gasteiger partial charge in [-0.15, -0.1) is 11.3 Å². The summed E-state index contributed by atoms with van der Waals surface area (Å²) in [5.74, 6) is -0.0180. The Hall–Kier alpha value is -2.49. The molecule has 0 radical (unpaired) electrons. The highest BCUT2D eigenvalue weighted by molar-refractivity contribution is 7.89. The van der Waals surface area contributed by atoms with E-state index in [1.165, 1.54) is 17.5 Å². The van der Waals surface area contributed by atoms with Gasteiger partial charge in [-0.3, -0.25) is 4.98 Å². The van der Waals surface area contributed by atoms with E-state index < -0.39 is 16.0 Å². The van der Waals surface area contributed by atoms with Gasteiger partial charge in [0, 0.05) is 18.1 Å². The van der Waals surface area contributed by atoms with Crippen molar-refractivity contribution in [3.8, 4) is 5.75 Å². The predicted octanol–water partition coefficient (Wildman–Crippen LogP) is 2.92. The first-order chi connectivity index (χ1) is 13.5. The maximum absolute atomic E-state index is 13.0. The SMILES string of the molecule is COC(=O)c1sccc1S(=O)(=O)N1CCC(Oc2cccc3cccnc23)C1. The molecule has 3 aromatic rings. The molecule has 3 heterocycles. The lowest BCUT2D eigenvalue weighted by molar-refractivity contribution is 0.0602. The van der Waals surface area contributed by atoms with Crippen LogP contribution in [0.4, 0.5) is 0 Å². The predicted molar refractivity (Wildman–Crippen MR) is 105 cm³/mol. The Kier molecular flexibility index (Phi) is 5.05. The highest BCUT2D eigenvalue weighted by Gasteiger charge is 2.36. The number of hydrogen-bond acceptors (Lipinski definition) is 7. The lowest BCUT2D eigenvalue weighted by atomic mass is 10.2. The van der Waals surface area contributed by atoms with Crippen LogP contribution in [0.1, 0.15) is 16.1 Å². The second-order valence-corrected chi connectivity index (χ2v) is 9.15. The second kappa shape index (κ2) is 7.50. The molecule has 1 aromatic carbocycles. The Morgan fingerprint density at radius 3 is 2.89 bits per heavy atom. The first-order valence-electron chi connectivity index (χ1n) is 8.67. The first-order valence-corrected chi connectivity index (χ1v) is 11.0. The van der Waals surface area contributed by atoms with Gasteiger partial charge in [0.15, 0.2) is 0 Å². The van der Waals surface area contributed by atoms with Gasteiger partial charge in [0.05, 0.1) is 13.7 Å². The van der Waals surface area contributed by atoms with E-state index in [1.807, 2.05) is 30.3 Å². The quantitative estimate of drug-likeness (QED) is 0.592. The molecule has 1 saturated heterocycles. The largest absolute Gasteiger partial charge is 0.487 e. The van der Waals surface area contributed by atoms with Gasteiger partial charge in [-0.05, 0) is 30.0 Å². The fourth-order valence-corrected chi connectivity index (χ4v) is 6.04. The summed E-state index contributed by atoms with van der Waals surface area (Å²) in [6.45, 7) is 0.531. The Labute approximate surface area is 166 Å². The highest BCUT2D eigenvalue weighted by Crippen LogP contribution is 2.30. The van der Waals surface area contributed by atoms with E-state index >= 15 is 0 Å². The summed E-state index contributed by atoms with van der Waals surface area (Å²) >= 11 is 1.05. The minimum Gasteiger partial charge on any atom is -0.487 e. The van der Waals surface area contributed by atoms with Gasteiger partial charge in [0.1, 0.15) is 27.1 Å². The molecule has 0 spiro atoms. The zero-order valence-electron chi connectivity index (χ0n) is 15.1. The molecule has 0 aliphatic carbocycles. The summed E-state index contributed by atoms with van der Waals surface area (Å²) in [5.41, 5.74) is 0.747. The monoisotopic (exact) mass is 418 g/mol. The van der Waals surface area contributed by atoms with Crippen LogP contribution >= 0.6 is 11.3 Å². The number of fused-ring (bicyclic) bond motifs is 1. The van der Waals surface area contributed by atoms with Crippen LogP contribution < -0.4 is 4.74 Å². The maximum atomic E-state index is 13.0. The second-order valence-electron chi connectivity index (χ2n) is 6.33. The standard InChI is InChI=1S/C19H18N2O5S2/c1-25-19(22)18-16(8-11-27-18)28(23,24)21-10-7-14(12-21)26-15-6-2-4-13-5-3-9-20-17(13)15/h2-6,8-9,11,14H,7,10,12H2,1H3. The van der Waals surface area contributed by atoms with Crippen LogP contribution in [0, 0.1) is 0 Å². The Morgan fingerprint density at radius 2 is 2.07 bits per heavy atom. The fraction of sp³-hybridized carbons (Fsp3) is 0.263. The van der Waals surface area contributed by atoms with Crippen molar-refractivity contribution in [1.29, 1.82) is 0 Å². The summed E-state index contributed by atoms with van der Waals surface area (Å²) in [5, 5.41) is 2.54. The summed E-state index contributed by atoms with van der Waals surface area (Å²) in [7, 11) is -2.57. The number of pyridine rings is 1. The molecule has 0 amide bonds. The Balaban J connectivity index is 1.54. The van der Waals surface area contributed by atoms with E-state index in [0.29, 0.717) is 18.7 Å². The van der Waals surface area contributed by atoms with E-state index in [0.717, 1.165) is 22.2 Å². The molecule has 0 N–H and O–H groups in total. The summed E-state index contributed by atoms with van der Waals surface area (Å²) in [6.07, 6.45) is 1.97. The van der Waals surface area contributed by atoms with Crippen molar-refractivity contribution in [2.45, 2.75) is 17.4 Å². The van der Waals surface area contributed by atoms with Crippen molar-refractivity contribution in [2.24, 2.45) is 0 Å². The number of hydrogen-bond donors (Lipinski definition) is 0. The zero-order valence-corrected chi connectivity index (χ0v) is 16.7. The lowest BCUT2D eigenvalue weighted by Gasteiger charge is -2.18. The van der Waals surface area contributed by atoms with Gasteiger partial charge in [0.25, 0.3) is 0 Å². The number of thiophene rings is 1. The molecule has 1 fully saturated rings. The van der Waals surface area contributed by atoms with E-state index in [9.17, 15) is 13.2 Å². The minimum absolute atomic E-state index is 0.0168. The number of rotatable bonds is 5. The number of carbonyl (C=O) groups is 1. The number of ether oxygens (including phenoxy) is 2. The van der Waals surface area contributed by atoms with Gasteiger partial charge in [-0.25, -0.2) is 13.2 Å². The van der Waals surface area contributed by atoms with Crippen molar-refractivity contribution in [1.82, 2.24) is 9.29 Å². The molecule has 28 heavy (non-hydrogen) atoms. The van der Waals surface area contributed by atoms with Crippen LogP contribution in [0.5, 0.6) is 5.75 Å². The lowest BCUT2D eigenvalue weighted by Crippen LogP contribution is -2.31. The smallest absolute Gasteiger partial charge is 0.349 e. The summed E-state index contributed by atoms with van der Waals surface area (Å²) < 4.78 is 38.1. The molecule has 0 saturated carbocycles. The Bertz CT molecular complexity index is 1120. The van der Waals surface area contributed by atoms with Gasteiger partial charge in [-0.1, -0.05) is 18.2 Å². The third-order valence-electron chi connectivity index (χ3n) is 4.61. The van der Waals surface area contributed by atoms with E-state index in [2.05, 4.69) is 4.98 Å². The molecule has 1 aliphatic heterocycles. The number of nitrogens with zero attached hydrogens (tertiary/aromatic N) is 2. The molecule has 1 aliphatic rings. The number of para-hydroxylation sites is 1. The van der Waals surface area contributed by atoms with Crippen LogP contribution in [-0.2, 0) is 14.8 Å². The average molecular weight is 418 g/mol. The average Bonchev–Trinajstić information content (AvgIpc) is 3.38. The van der Waals surface area contributed by atoms with Gasteiger partial charge in [0.2, 0.25) is 10.0 Å². The van der Waals surface area contributed by atoms with Crippen molar-refractivity contribution in [2.75, 3.05) is 20.2 Å². The van der Waals surface area contributed by atoms with Gasteiger partial charge >= 0.3 is 5.97 Å². The molecule has 1 unspecified atom stereocenters. The van der Waals surface area contributed by atoms with Crippen LogP contribution in [0.15, 0.2) is 52.9 Å². The minimum atomic E-state index is -3.80. The first kappa shape index (κ1) is 18.9. The van der Waals surface area contributed by atoms with E-state index in [-0.39, 0.29) is 22.4 Å². The third kappa shape index (κ3) is 3.36. The molecule has 0 bridgehead atoms. The molecular formula is C19H18N2O5S2. The van der Waals surface area contributed by atoms with Crippen molar-refractivity contribution >= 4 is 38.2 Å². The number of sulfonamides is 1. The number of benzene rings is 1. The molecule has 146 valence electrons. The third-order valence-corrected chi connectivity index (χ3v) is 7.55. The van der Waals surface area contributed by atoms with E-state index in [4.69, 9.17) is 9.47 Å². The maximum Gasteiger partial charge on any atom is 0.349 e. The van der Waals surface area contributed by atoms with Crippen LogP contribution in [0.2, 0.25) is 0 Å². The number of aromatic nitrogens is 1. The van der Waals surface area contributed by atoms with Gasteiger partial charge in [-0.2, -0.15) is 4.31 Å². The van der Waals surface area contributed by atoms with Crippen molar-refractivity contribution in [3.05, 3.63) is 52.9 Å². The number of carbonyl (C=O) groups excluding carboxylic acids is 1. The molecule has 7 nitrogen and oxygen atoms in total. The highest BCUT2D eigenvalue weighted by atomic mass is 32.2.